The molecular weight excluding hydrogens is 719 g/mol. The van der Waals surface area contributed by atoms with Gasteiger partial charge in [0.2, 0.25) is 11.8 Å². The number of nitrogens with zero attached hydrogens (tertiary/aromatic N) is 1. The zero-order chi connectivity index (χ0) is 38.8. The molecule has 4 amide bonds. The number of hydrogen-bond donors (Lipinski definition) is 4. The largest absolute Gasteiger partial charge is 0.359 e. The first-order valence-electron chi connectivity index (χ1n) is 21.4. The maximum atomic E-state index is 13.1. The average Bonchev–Trinajstić information content (AvgIpc) is 3.84. The van der Waals surface area contributed by atoms with Crippen LogP contribution in [-0.2, 0) is 14.3 Å². The van der Waals surface area contributed by atoms with E-state index in [1.54, 1.807) is 0 Å². The normalized spacial score (nSPS) is 37.4. The van der Waals surface area contributed by atoms with Crippen molar-refractivity contribution in [2.75, 3.05) is 12.3 Å². The monoisotopic (exact) mass is 777 g/mol. The highest BCUT2D eigenvalue weighted by Gasteiger charge is 2.66. The molecule has 5 heterocycles. The van der Waals surface area contributed by atoms with Crippen molar-refractivity contribution < 1.29 is 19.1 Å². The lowest BCUT2D eigenvalue weighted by Gasteiger charge is -2.53. The van der Waals surface area contributed by atoms with Gasteiger partial charge in [0.05, 0.1) is 28.3 Å². The Hall–Kier alpha value is -3.63. The summed E-state index contributed by atoms with van der Waals surface area (Å²) in [5.41, 5.74) is 3.17. The topological polar surface area (TPSA) is 121 Å². The van der Waals surface area contributed by atoms with E-state index in [2.05, 4.69) is 95.6 Å². The summed E-state index contributed by atoms with van der Waals surface area (Å²) in [5.74, 6) is 2.05. The van der Waals surface area contributed by atoms with Crippen LogP contribution < -0.4 is 21.3 Å². The third kappa shape index (κ3) is 6.32. The molecule has 0 radical (unpaired) electrons. The van der Waals surface area contributed by atoms with Gasteiger partial charge >= 0.3 is 6.03 Å². The standard InChI is InChI=1S/C46H59N5O4S/c1-42-20-18-34-26-33-14-15-35(27-45(33)21-22-46(34,55-45)37(42)17-16-36(42)31-13-12-30-19-24-47-28-32(30)25-31)49-40(53)11-5-4-8-23-48-39(52)10-7-6-9-38-44(3)43(2,29-56-38)50-41(54)51-44/h12-15,18-19,24-26,28,35-38H,4-11,16-17,20-23,27,29H2,1-3H3,(H,48,52)(H,49,53)(H2,50,51,54)/t35-,36-,37-,38+,42-,43+,44-,45-,46-/m1/s1. The first-order chi connectivity index (χ1) is 27.0. The van der Waals surface area contributed by atoms with Gasteiger partial charge in [-0.2, -0.15) is 11.8 Å². The molecule has 1 aromatic heterocycles. The van der Waals surface area contributed by atoms with E-state index in [4.69, 9.17) is 4.74 Å². The maximum absolute atomic E-state index is 13.1. The molecule has 10 heteroatoms. The van der Waals surface area contributed by atoms with E-state index in [-0.39, 0.29) is 51.6 Å². The molecule has 9 atom stereocenters. The van der Waals surface area contributed by atoms with E-state index in [9.17, 15) is 14.4 Å². The fourth-order valence-electron chi connectivity index (χ4n) is 12.0. The number of aromatic nitrogens is 1. The number of carbonyl (C=O) groups is 3. The Morgan fingerprint density at radius 2 is 1.82 bits per heavy atom. The van der Waals surface area contributed by atoms with Crippen LogP contribution >= 0.6 is 11.8 Å². The molecule has 2 aromatic rings. The Bertz CT molecular complexity index is 2010. The van der Waals surface area contributed by atoms with E-state index in [0.717, 1.165) is 70.0 Å². The number of thioether (sulfide) groups is 1. The molecule has 2 spiro atoms. The van der Waals surface area contributed by atoms with Crippen molar-refractivity contribution in [2.45, 2.75) is 150 Å². The number of unbranched alkanes of at least 4 members (excludes halogenated alkanes) is 3. The van der Waals surface area contributed by atoms with Gasteiger partial charge in [0, 0.05) is 54.6 Å². The minimum atomic E-state index is -0.340. The number of carbonyl (C=O) groups excluding carboxylic acids is 3. The second kappa shape index (κ2) is 14.3. The number of nitrogens with one attached hydrogen (secondary N) is 4. The minimum absolute atomic E-state index is 0.0367. The van der Waals surface area contributed by atoms with Gasteiger partial charge < -0.3 is 26.0 Å². The molecule has 4 aliphatic heterocycles. The molecule has 56 heavy (non-hydrogen) atoms. The van der Waals surface area contributed by atoms with Crippen LogP contribution in [0.15, 0.2) is 72.1 Å². The summed E-state index contributed by atoms with van der Waals surface area (Å²) in [5, 5.41) is 15.5. The second-order valence-electron chi connectivity index (χ2n) is 18.7. The Balaban J connectivity index is 0.711. The summed E-state index contributed by atoms with van der Waals surface area (Å²) in [7, 11) is 0. The van der Waals surface area contributed by atoms with Gasteiger partial charge in [-0.3, -0.25) is 14.6 Å². The summed E-state index contributed by atoms with van der Waals surface area (Å²) in [4.78, 5) is 42.0. The molecule has 4 N–H and O–H groups in total. The summed E-state index contributed by atoms with van der Waals surface area (Å²) in [6.45, 7) is 7.43. The third-order valence-corrected chi connectivity index (χ3v) is 17.2. The van der Waals surface area contributed by atoms with Crippen LogP contribution in [0.3, 0.4) is 0 Å². The van der Waals surface area contributed by atoms with Gasteiger partial charge in [-0.25, -0.2) is 4.79 Å². The lowest BCUT2D eigenvalue weighted by atomic mass is 9.58. The van der Waals surface area contributed by atoms with E-state index < -0.39 is 0 Å². The quantitative estimate of drug-likeness (QED) is 0.121. The molecule has 3 saturated heterocycles. The van der Waals surface area contributed by atoms with Crippen molar-refractivity contribution in [3.63, 3.8) is 0 Å². The molecule has 2 bridgehead atoms. The van der Waals surface area contributed by atoms with Crippen molar-refractivity contribution >= 4 is 40.4 Å². The van der Waals surface area contributed by atoms with Crippen molar-refractivity contribution in [1.29, 1.82) is 0 Å². The highest BCUT2D eigenvalue weighted by Crippen LogP contribution is 2.69. The lowest BCUT2D eigenvalue weighted by molar-refractivity contribution is -0.132. The van der Waals surface area contributed by atoms with Crippen molar-refractivity contribution in [2.24, 2.45) is 11.3 Å². The molecule has 3 aliphatic carbocycles. The predicted octanol–water partition coefficient (Wildman–Crippen LogP) is 7.92. The van der Waals surface area contributed by atoms with Crippen LogP contribution in [0.25, 0.3) is 10.8 Å². The van der Waals surface area contributed by atoms with E-state index >= 15 is 0 Å². The highest BCUT2D eigenvalue weighted by molar-refractivity contribution is 8.00. The summed E-state index contributed by atoms with van der Waals surface area (Å²) in [6.07, 6.45) is 25.8. The van der Waals surface area contributed by atoms with Crippen LogP contribution in [0, 0.1) is 11.3 Å². The maximum Gasteiger partial charge on any atom is 0.315 e. The number of ether oxygens (including phenoxy) is 1. The number of benzene rings is 1. The molecule has 1 saturated carbocycles. The minimum Gasteiger partial charge on any atom is -0.359 e. The fourth-order valence-corrected chi connectivity index (χ4v) is 13.9. The van der Waals surface area contributed by atoms with Crippen molar-refractivity contribution in [3.05, 3.63) is 77.7 Å². The summed E-state index contributed by atoms with van der Waals surface area (Å²) in [6, 6.07) is 8.96. The van der Waals surface area contributed by atoms with Crippen LogP contribution in [-0.4, -0.2) is 68.7 Å². The zero-order valence-corrected chi connectivity index (χ0v) is 34.2. The molecule has 9 rings (SSSR count). The van der Waals surface area contributed by atoms with Gasteiger partial charge in [0.25, 0.3) is 0 Å². The number of urea groups is 1. The number of pyridine rings is 1. The van der Waals surface area contributed by atoms with Crippen LogP contribution in [0.1, 0.15) is 122 Å². The number of allylic oxidation sites excluding steroid dienone is 1. The molecule has 9 nitrogen and oxygen atoms in total. The SMILES string of the molecule is C[C@]12CC=C3C=C4C=C[C@@H](NC(=O)CCCCCNC(=O)CCCC[C@@H]5SC[C@]6(C)NC(=O)N[C@]56C)C[C@]45CC[C@]3(O5)[C@@H]1CC[C@@H]2c1ccc2ccncc2c1. The van der Waals surface area contributed by atoms with Gasteiger partial charge in [-0.1, -0.05) is 56.2 Å². The Morgan fingerprint density at radius 1 is 0.964 bits per heavy atom. The smallest absolute Gasteiger partial charge is 0.315 e. The van der Waals surface area contributed by atoms with Crippen LogP contribution in [0.2, 0.25) is 0 Å². The average molecular weight is 778 g/mol. The van der Waals surface area contributed by atoms with Crippen LogP contribution in [0.5, 0.6) is 0 Å². The van der Waals surface area contributed by atoms with E-state index in [0.29, 0.717) is 36.5 Å². The predicted molar refractivity (Wildman–Crippen MR) is 222 cm³/mol. The van der Waals surface area contributed by atoms with Crippen molar-refractivity contribution in [3.8, 4) is 0 Å². The number of amides is 4. The summed E-state index contributed by atoms with van der Waals surface area (Å²) >= 11 is 1.92. The molecule has 4 fully saturated rings. The first kappa shape index (κ1) is 37.9. The second-order valence-corrected chi connectivity index (χ2v) is 19.9. The molecule has 0 unspecified atom stereocenters. The Kier molecular flexibility index (Phi) is 9.70. The number of fused-ring (bicyclic) bond motifs is 3. The van der Waals surface area contributed by atoms with Gasteiger partial charge in [-0.05, 0) is 123 Å². The summed E-state index contributed by atoms with van der Waals surface area (Å²) < 4.78 is 7.45. The number of rotatable bonds is 13. The first-order valence-corrected chi connectivity index (χ1v) is 22.4. The third-order valence-electron chi connectivity index (χ3n) is 15.4. The molecule has 7 aliphatic rings. The van der Waals surface area contributed by atoms with E-state index in [1.165, 1.54) is 40.3 Å². The Morgan fingerprint density at radius 3 is 2.71 bits per heavy atom. The highest BCUT2D eigenvalue weighted by atomic mass is 32.2. The molecular formula is C46H59N5O4S. The van der Waals surface area contributed by atoms with Gasteiger partial charge in [0.15, 0.2) is 0 Å². The zero-order valence-electron chi connectivity index (χ0n) is 33.4. The molecule has 1 aromatic carbocycles. The van der Waals surface area contributed by atoms with Gasteiger partial charge in [-0.15, -0.1) is 0 Å². The van der Waals surface area contributed by atoms with Crippen molar-refractivity contribution in [1.82, 2.24) is 26.3 Å². The van der Waals surface area contributed by atoms with E-state index in [1.807, 2.05) is 24.2 Å². The van der Waals surface area contributed by atoms with Crippen LogP contribution in [0.4, 0.5) is 4.79 Å². The lowest BCUT2D eigenvalue weighted by Crippen LogP contribution is -2.58. The number of hydrogen-bond acceptors (Lipinski definition) is 6. The fraction of sp³-hybridized carbons (Fsp3) is 0.609. The Labute approximate surface area is 336 Å². The van der Waals surface area contributed by atoms with Gasteiger partial charge in [0.1, 0.15) is 0 Å². The molecule has 298 valence electrons.